The van der Waals surface area contributed by atoms with Gasteiger partial charge in [-0.3, -0.25) is 0 Å². The van der Waals surface area contributed by atoms with Crippen LogP contribution in [0.4, 0.5) is 23.2 Å². The largest absolute Gasteiger partial charge is 0.471 e. The van der Waals surface area contributed by atoms with Crippen LogP contribution in [0.25, 0.3) is 0 Å². The second-order valence-corrected chi connectivity index (χ2v) is 9.25. The van der Waals surface area contributed by atoms with Gasteiger partial charge in [-0.2, -0.15) is 0 Å². The smallest absolute Gasteiger partial charge is 0.187 e. The summed E-state index contributed by atoms with van der Waals surface area (Å²) < 4.78 is 86.5. The van der Waals surface area contributed by atoms with Gasteiger partial charge in [-0.25, -0.2) is 26.0 Å². The lowest BCUT2D eigenvalue weighted by Crippen LogP contribution is -2.29. The molecule has 0 saturated carbocycles. The lowest BCUT2D eigenvalue weighted by molar-refractivity contribution is 0.119. The van der Waals surface area contributed by atoms with E-state index in [1.54, 1.807) is 25.1 Å². The van der Waals surface area contributed by atoms with E-state index in [0.717, 1.165) is 18.2 Å². The number of rotatable bonds is 5. The third-order valence-corrected chi connectivity index (χ3v) is 6.58. The maximum absolute atomic E-state index is 14.1. The molecular weight excluding hydrogens is 422 g/mol. The minimum atomic E-state index is -4.14. The minimum Gasteiger partial charge on any atom is -0.471 e. The van der Waals surface area contributed by atoms with E-state index in [0.29, 0.717) is 18.0 Å². The number of nitrogens with zero attached hydrogens (tertiary/aromatic N) is 1. The van der Waals surface area contributed by atoms with Crippen molar-refractivity contribution in [1.29, 1.82) is 0 Å². The molecule has 0 amide bonds. The molecular formula is C21H21F4NO3S. The second-order valence-electron chi connectivity index (χ2n) is 7.18. The van der Waals surface area contributed by atoms with Crippen molar-refractivity contribution in [3.8, 4) is 0 Å². The van der Waals surface area contributed by atoms with Crippen LogP contribution in [0.15, 0.2) is 30.7 Å². The Morgan fingerprint density at radius 2 is 1.67 bits per heavy atom. The number of anilines is 1. The van der Waals surface area contributed by atoms with Crippen molar-refractivity contribution in [2.75, 3.05) is 11.4 Å². The first-order valence-electron chi connectivity index (χ1n) is 9.24. The Morgan fingerprint density at radius 3 is 2.23 bits per heavy atom. The summed E-state index contributed by atoms with van der Waals surface area (Å²) in [5.41, 5.74) is -0.0545. The molecule has 9 heteroatoms. The van der Waals surface area contributed by atoms with Gasteiger partial charge in [0.25, 0.3) is 0 Å². The average molecular weight is 443 g/mol. The number of ether oxygens (including phenoxy) is 1. The molecule has 1 unspecified atom stereocenters. The van der Waals surface area contributed by atoms with Gasteiger partial charge in [-0.15, -0.1) is 0 Å². The van der Waals surface area contributed by atoms with Crippen LogP contribution in [0.5, 0.6) is 0 Å². The first-order valence-corrected chi connectivity index (χ1v) is 11.1. The zero-order chi connectivity index (χ0) is 22.4. The monoisotopic (exact) mass is 443 g/mol. The van der Waals surface area contributed by atoms with E-state index >= 15 is 0 Å². The van der Waals surface area contributed by atoms with Crippen LogP contribution in [-0.4, -0.2) is 15.0 Å². The number of halogens is 4. The molecule has 0 bridgehead atoms. The van der Waals surface area contributed by atoms with Gasteiger partial charge in [-0.1, -0.05) is 6.07 Å². The van der Waals surface area contributed by atoms with Crippen LogP contribution in [0.1, 0.15) is 42.2 Å². The highest BCUT2D eigenvalue weighted by molar-refractivity contribution is 7.89. The highest BCUT2D eigenvalue weighted by Crippen LogP contribution is 2.38. The molecule has 1 aliphatic rings. The van der Waals surface area contributed by atoms with Crippen molar-refractivity contribution in [2.45, 2.75) is 38.4 Å². The number of fused-ring (bicyclic) bond motifs is 1. The number of hydrogen-bond acceptors (Lipinski definition) is 4. The van der Waals surface area contributed by atoms with E-state index < -0.39 is 55.7 Å². The molecule has 0 aromatic heterocycles. The van der Waals surface area contributed by atoms with Crippen LogP contribution in [0, 0.1) is 30.2 Å². The zero-order valence-corrected chi connectivity index (χ0v) is 17.5. The standard InChI is InChI=1S/C21H21F4NO3S/c1-5-26-13(4)29-12(3)15-8-14(6-7-17(15)26)9-30(27,28)10-16-20(24)18(22)11(2)19(23)21(16)25/h6-8,12H,4-5,9-10H2,1-3H3. The SMILES string of the molecule is C=C1OC(C)c2cc(CS(=O)(=O)Cc3c(F)c(F)c(C)c(F)c3F)ccc2N1CC. The van der Waals surface area contributed by atoms with Crippen molar-refractivity contribution in [1.82, 2.24) is 0 Å². The van der Waals surface area contributed by atoms with E-state index in [2.05, 4.69) is 6.58 Å². The maximum atomic E-state index is 14.1. The molecule has 30 heavy (non-hydrogen) atoms. The molecule has 0 fully saturated rings. The molecule has 2 aromatic rings. The lowest BCUT2D eigenvalue weighted by Gasteiger charge is -2.35. The van der Waals surface area contributed by atoms with Crippen LogP contribution in [-0.2, 0) is 26.1 Å². The molecule has 4 nitrogen and oxygen atoms in total. The van der Waals surface area contributed by atoms with Gasteiger partial charge < -0.3 is 9.64 Å². The van der Waals surface area contributed by atoms with E-state index in [1.165, 1.54) is 0 Å². The van der Waals surface area contributed by atoms with Gasteiger partial charge in [0.15, 0.2) is 39.0 Å². The van der Waals surface area contributed by atoms with Crippen LogP contribution < -0.4 is 4.90 Å². The Balaban J connectivity index is 1.93. The fourth-order valence-corrected chi connectivity index (χ4v) is 5.00. The van der Waals surface area contributed by atoms with Gasteiger partial charge in [-0.05, 0) is 45.0 Å². The number of benzene rings is 2. The second kappa shape index (κ2) is 7.94. The summed E-state index contributed by atoms with van der Waals surface area (Å²) in [6, 6.07) is 4.93. The molecule has 0 aliphatic carbocycles. The molecule has 1 heterocycles. The van der Waals surface area contributed by atoms with Crippen molar-refractivity contribution in [3.63, 3.8) is 0 Å². The minimum absolute atomic E-state index is 0.363. The van der Waals surface area contributed by atoms with Gasteiger partial charge >= 0.3 is 0 Å². The first kappa shape index (κ1) is 22.1. The molecule has 0 N–H and O–H groups in total. The quantitative estimate of drug-likeness (QED) is 0.479. The van der Waals surface area contributed by atoms with Crippen molar-refractivity contribution in [3.05, 3.63) is 76.2 Å². The van der Waals surface area contributed by atoms with Crippen LogP contribution in [0.2, 0.25) is 0 Å². The summed E-state index contributed by atoms with van der Waals surface area (Å²) in [4.78, 5) is 1.83. The predicted molar refractivity (Wildman–Crippen MR) is 105 cm³/mol. The summed E-state index contributed by atoms with van der Waals surface area (Å²) >= 11 is 0. The van der Waals surface area contributed by atoms with Gasteiger partial charge in [0.05, 0.1) is 17.2 Å². The zero-order valence-electron chi connectivity index (χ0n) is 16.7. The number of hydrogen-bond donors (Lipinski definition) is 0. The predicted octanol–water partition coefficient (Wildman–Crippen LogP) is 5.06. The highest BCUT2D eigenvalue weighted by atomic mass is 32.2. The molecule has 1 atom stereocenters. The van der Waals surface area contributed by atoms with Gasteiger partial charge in [0.2, 0.25) is 0 Å². The summed E-state index contributed by atoms with van der Waals surface area (Å²) in [6.45, 7) is 9.03. The maximum Gasteiger partial charge on any atom is 0.187 e. The fraction of sp³-hybridized carbons (Fsp3) is 0.333. The molecule has 162 valence electrons. The Hall–Kier alpha value is -2.55. The van der Waals surface area contributed by atoms with E-state index in [1.807, 2.05) is 11.8 Å². The van der Waals surface area contributed by atoms with Crippen molar-refractivity contribution in [2.24, 2.45) is 0 Å². The highest BCUT2D eigenvalue weighted by Gasteiger charge is 2.29. The number of sulfone groups is 1. The lowest BCUT2D eigenvalue weighted by atomic mass is 10.0. The summed E-state index contributed by atoms with van der Waals surface area (Å²) in [6.07, 6.45) is -0.367. The topological polar surface area (TPSA) is 46.6 Å². The Labute approximate surface area is 172 Å². The van der Waals surface area contributed by atoms with Crippen LogP contribution >= 0.6 is 0 Å². The van der Waals surface area contributed by atoms with Crippen molar-refractivity contribution >= 4 is 15.5 Å². The Kier molecular flexibility index (Phi) is 5.86. The summed E-state index contributed by atoms with van der Waals surface area (Å²) in [7, 11) is -4.14. The molecule has 1 aliphatic heterocycles. The van der Waals surface area contributed by atoms with Gasteiger partial charge in [0, 0.05) is 23.2 Å². The molecule has 0 saturated heterocycles. The summed E-state index contributed by atoms with van der Waals surface area (Å²) in [5, 5.41) is 0. The molecule has 3 rings (SSSR count). The van der Waals surface area contributed by atoms with E-state index in [4.69, 9.17) is 4.74 Å². The van der Waals surface area contributed by atoms with Crippen molar-refractivity contribution < 1.29 is 30.7 Å². The summed E-state index contributed by atoms with van der Waals surface area (Å²) in [5.74, 6) is -7.83. The molecule has 2 aromatic carbocycles. The van der Waals surface area contributed by atoms with Gasteiger partial charge in [0.1, 0.15) is 6.10 Å². The van der Waals surface area contributed by atoms with E-state index in [9.17, 15) is 26.0 Å². The first-order chi connectivity index (χ1) is 14.0. The van der Waals surface area contributed by atoms with Crippen LogP contribution in [0.3, 0.4) is 0 Å². The normalized spacial score (nSPS) is 16.4. The third-order valence-electron chi connectivity index (χ3n) is 5.08. The Bertz CT molecular complexity index is 1100. The molecule has 0 spiro atoms. The van der Waals surface area contributed by atoms with E-state index in [-0.39, 0.29) is 6.10 Å². The Morgan fingerprint density at radius 1 is 1.07 bits per heavy atom. The molecule has 0 radical (unpaired) electrons. The fourth-order valence-electron chi connectivity index (χ4n) is 3.52. The average Bonchev–Trinajstić information content (AvgIpc) is 2.68. The third kappa shape index (κ3) is 3.90.